The third-order valence-electron chi connectivity index (χ3n) is 2.58. The highest BCUT2D eigenvalue weighted by molar-refractivity contribution is 5.99. The van der Waals surface area contributed by atoms with Crippen LogP contribution >= 0.6 is 0 Å². The molecule has 0 aliphatic carbocycles. The molecule has 0 saturated heterocycles. The van der Waals surface area contributed by atoms with Gasteiger partial charge in [-0.2, -0.15) is 0 Å². The van der Waals surface area contributed by atoms with E-state index in [0.717, 1.165) is 5.56 Å². The fourth-order valence-electron chi connectivity index (χ4n) is 1.65. The average molecular weight is 251 g/mol. The summed E-state index contributed by atoms with van der Waals surface area (Å²) in [5.74, 6) is 5.23. The van der Waals surface area contributed by atoms with Crippen LogP contribution in [0.1, 0.15) is 29.8 Å². The molecule has 18 heavy (non-hydrogen) atoms. The topological polar surface area (TPSA) is 76.4 Å². The Morgan fingerprint density at radius 3 is 2.83 bits per heavy atom. The molecule has 1 unspecified atom stereocenters. The average Bonchev–Trinajstić information content (AvgIpc) is 2.36. The maximum absolute atomic E-state index is 12.0. The normalized spacial score (nSPS) is 12.0. The van der Waals surface area contributed by atoms with E-state index in [9.17, 15) is 4.79 Å². The molecule has 0 aliphatic heterocycles. The van der Waals surface area contributed by atoms with Crippen molar-refractivity contribution >= 4 is 11.6 Å². The Morgan fingerprint density at radius 2 is 2.22 bits per heavy atom. The predicted octanol–water partition coefficient (Wildman–Crippen LogP) is 1.44. The fraction of sp³-hybridized carbons (Fsp3) is 0.462. The third-order valence-corrected chi connectivity index (χ3v) is 2.58. The number of nitrogen functional groups attached to an aromatic ring is 1. The number of hydrogen-bond donors (Lipinski definition) is 3. The number of nitrogens with one attached hydrogen (secondary N) is 2. The molecule has 4 N–H and O–H groups in total. The van der Waals surface area contributed by atoms with Crippen molar-refractivity contribution in [2.45, 2.75) is 26.9 Å². The number of amides is 1. The van der Waals surface area contributed by atoms with Crippen LogP contribution in [0, 0.1) is 6.92 Å². The maximum atomic E-state index is 12.0. The Hall–Kier alpha value is -1.59. The highest BCUT2D eigenvalue weighted by Crippen LogP contribution is 2.16. The Bertz CT molecular complexity index is 407. The second kappa shape index (κ2) is 6.98. The van der Waals surface area contributed by atoms with Gasteiger partial charge in [-0.3, -0.25) is 10.6 Å². The highest BCUT2D eigenvalue weighted by Gasteiger charge is 2.12. The molecule has 0 fully saturated rings. The van der Waals surface area contributed by atoms with E-state index < -0.39 is 0 Å². The number of hydrazine groups is 1. The molecule has 1 rings (SSSR count). The maximum Gasteiger partial charge on any atom is 0.253 e. The van der Waals surface area contributed by atoms with Crippen molar-refractivity contribution in [2.75, 3.05) is 18.6 Å². The summed E-state index contributed by atoms with van der Waals surface area (Å²) in [6, 6.07) is 5.49. The van der Waals surface area contributed by atoms with Gasteiger partial charge in [0.15, 0.2) is 0 Å². The summed E-state index contributed by atoms with van der Waals surface area (Å²) in [5, 5.41) is 2.83. The van der Waals surface area contributed by atoms with E-state index in [1.54, 1.807) is 12.1 Å². The predicted molar refractivity (Wildman–Crippen MR) is 72.4 cm³/mol. The van der Waals surface area contributed by atoms with E-state index in [1.165, 1.54) is 0 Å². The number of anilines is 1. The molecule has 0 heterocycles. The van der Waals surface area contributed by atoms with Crippen molar-refractivity contribution in [3.63, 3.8) is 0 Å². The zero-order valence-corrected chi connectivity index (χ0v) is 11.1. The Labute approximate surface area is 108 Å². The van der Waals surface area contributed by atoms with Gasteiger partial charge in [-0.15, -0.1) is 0 Å². The molecule has 100 valence electrons. The lowest BCUT2D eigenvalue weighted by atomic mass is 10.1. The van der Waals surface area contributed by atoms with Gasteiger partial charge in [-0.1, -0.05) is 11.6 Å². The molecule has 1 aromatic rings. The van der Waals surface area contributed by atoms with E-state index >= 15 is 0 Å². The smallest absolute Gasteiger partial charge is 0.253 e. The molecule has 0 aliphatic rings. The first-order chi connectivity index (χ1) is 8.58. The Kier molecular flexibility index (Phi) is 5.61. The van der Waals surface area contributed by atoms with Crippen LogP contribution < -0.4 is 16.6 Å². The first kappa shape index (κ1) is 14.5. The van der Waals surface area contributed by atoms with E-state index in [0.29, 0.717) is 24.4 Å². The van der Waals surface area contributed by atoms with Crippen LogP contribution in [0.15, 0.2) is 18.2 Å². The summed E-state index contributed by atoms with van der Waals surface area (Å²) >= 11 is 0. The van der Waals surface area contributed by atoms with Gasteiger partial charge >= 0.3 is 0 Å². The lowest BCUT2D eigenvalue weighted by molar-refractivity contribution is 0.0695. The number of aryl methyl sites for hydroxylation is 1. The van der Waals surface area contributed by atoms with Crippen LogP contribution in [0.5, 0.6) is 0 Å². The summed E-state index contributed by atoms with van der Waals surface area (Å²) in [7, 11) is 0. The molecule has 1 atom stereocenters. The van der Waals surface area contributed by atoms with Crippen LogP contribution in [0.25, 0.3) is 0 Å². The largest absolute Gasteiger partial charge is 0.377 e. The Morgan fingerprint density at radius 1 is 1.50 bits per heavy atom. The van der Waals surface area contributed by atoms with E-state index in [2.05, 4.69) is 10.7 Å². The van der Waals surface area contributed by atoms with Gasteiger partial charge < -0.3 is 15.5 Å². The number of hydrogen-bond acceptors (Lipinski definition) is 4. The molecule has 5 nitrogen and oxygen atoms in total. The monoisotopic (exact) mass is 251 g/mol. The Balaban J connectivity index is 2.68. The quantitative estimate of drug-likeness (QED) is 0.528. The van der Waals surface area contributed by atoms with Crippen molar-refractivity contribution < 1.29 is 9.53 Å². The first-order valence-corrected chi connectivity index (χ1v) is 6.05. The van der Waals surface area contributed by atoms with Crippen molar-refractivity contribution in [1.29, 1.82) is 0 Å². The zero-order valence-electron chi connectivity index (χ0n) is 11.1. The van der Waals surface area contributed by atoms with Gasteiger partial charge in [0.25, 0.3) is 5.91 Å². The van der Waals surface area contributed by atoms with Gasteiger partial charge in [-0.25, -0.2) is 0 Å². The lowest BCUT2D eigenvalue weighted by Gasteiger charge is -2.14. The summed E-state index contributed by atoms with van der Waals surface area (Å²) in [6.07, 6.45) is -0.00181. The summed E-state index contributed by atoms with van der Waals surface area (Å²) in [5.41, 5.74) is 4.69. The van der Waals surface area contributed by atoms with Crippen molar-refractivity contribution in [2.24, 2.45) is 5.84 Å². The number of benzene rings is 1. The minimum Gasteiger partial charge on any atom is -0.377 e. The van der Waals surface area contributed by atoms with Crippen LogP contribution in [0.2, 0.25) is 0 Å². The molecular formula is C13H21N3O2. The van der Waals surface area contributed by atoms with Gasteiger partial charge in [0, 0.05) is 13.2 Å². The van der Waals surface area contributed by atoms with E-state index in [-0.39, 0.29) is 12.0 Å². The minimum atomic E-state index is -0.154. The van der Waals surface area contributed by atoms with Crippen LogP contribution in [-0.2, 0) is 4.74 Å². The number of carbonyl (C=O) groups is 1. The van der Waals surface area contributed by atoms with Crippen molar-refractivity contribution in [1.82, 2.24) is 5.32 Å². The molecule has 1 aromatic carbocycles. The summed E-state index contributed by atoms with van der Waals surface area (Å²) in [4.78, 5) is 12.0. The number of ether oxygens (including phenoxy) is 1. The molecule has 5 heteroatoms. The van der Waals surface area contributed by atoms with Gasteiger partial charge in [-0.05, 0) is 32.9 Å². The molecule has 0 bridgehead atoms. The van der Waals surface area contributed by atoms with E-state index in [1.807, 2.05) is 26.8 Å². The number of carbonyl (C=O) groups excluding carboxylic acids is 1. The summed E-state index contributed by atoms with van der Waals surface area (Å²) < 4.78 is 5.35. The first-order valence-electron chi connectivity index (χ1n) is 6.05. The number of nitrogens with two attached hydrogens (primary N) is 1. The molecule has 0 saturated carbocycles. The molecular weight excluding hydrogens is 230 g/mol. The van der Waals surface area contributed by atoms with Gasteiger partial charge in [0.2, 0.25) is 0 Å². The van der Waals surface area contributed by atoms with Crippen molar-refractivity contribution in [3.8, 4) is 0 Å². The SMILES string of the molecule is CCOC(C)CNC(=O)c1cc(C)ccc1NN. The highest BCUT2D eigenvalue weighted by atomic mass is 16.5. The minimum absolute atomic E-state index is 0.00181. The molecule has 1 amide bonds. The molecule has 0 radical (unpaired) electrons. The van der Waals surface area contributed by atoms with Gasteiger partial charge in [0.1, 0.15) is 0 Å². The van der Waals surface area contributed by atoms with Crippen molar-refractivity contribution in [3.05, 3.63) is 29.3 Å². The summed E-state index contributed by atoms with van der Waals surface area (Å²) in [6.45, 7) is 6.89. The third kappa shape index (κ3) is 4.01. The fourth-order valence-corrected chi connectivity index (χ4v) is 1.65. The van der Waals surface area contributed by atoms with Gasteiger partial charge in [0.05, 0.1) is 17.4 Å². The van der Waals surface area contributed by atoms with Crippen LogP contribution in [0.3, 0.4) is 0 Å². The second-order valence-corrected chi connectivity index (χ2v) is 4.17. The lowest BCUT2D eigenvalue weighted by Crippen LogP contribution is -2.32. The second-order valence-electron chi connectivity index (χ2n) is 4.17. The van der Waals surface area contributed by atoms with E-state index in [4.69, 9.17) is 10.6 Å². The standard InChI is InChI=1S/C13H21N3O2/c1-4-18-10(3)8-15-13(17)11-7-9(2)5-6-12(11)16-14/h5-7,10,16H,4,8,14H2,1-3H3,(H,15,17). The number of rotatable bonds is 6. The molecule has 0 aromatic heterocycles. The van der Waals surface area contributed by atoms with Crippen LogP contribution in [-0.4, -0.2) is 25.2 Å². The van der Waals surface area contributed by atoms with Crippen LogP contribution in [0.4, 0.5) is 5.69 Å². The molecule has 0 spiro atoms. The zero-order chi connectivity index (χ0) is 13.5.